The molecule has 0 unspecified atom stereocenters. The second-order valence-electron chi connectivity index (χ2n) is 5.65. The van der Waals surface area contributed by atoms with Gasteiger partial charge in [-0.2, -0.15) is 0 Å². The van der Waals surface area contributed by atoms with Crippen molar-refractivity contribution in [3.05, 3.63) is 23.8 Å². The molecule has 0 aliphatic rings. The van der Waals surface area contributed by atoms with Gasteiger partial charge < -0.3 is 5.11 Å². The molecule has 1 atom stereocenters. The SMILES string of the molecule is CC(C)[C@H](C(=O)O)c1cnc(C(C)(C)C)nc1. The summed E-state index contributed by atoms with van der Waals surface area (Å²) < 4.78 is 0. The van der Waals surface area contributed by atoms with Crippen LogP contribution in [-0.4, -0.2) is 21.0 Å². The molecule has 1 rings (SSSR count). The highest BCUT2D eigenvalue weighted by Crippen LogP contribution is 2.25. The number of carboxylic acid groups (broad SMARTS) is 1. The maximum absolute atomic E-state index is 11.2. The van der Waals surface area contributed by atoms with Crippen molar-refractivity contribution >= 4 is 5.97 Å². The molecule has 94 valence electrons. The predicted octanol–water partition coefficient (Wildman–Crippen LogP) is 2.60. The average molecular weight is 236 g/mol. The van der Waals surface area contributed by atoms with Crippen molar-refractivity contribution in [3.8, 4) is 0 Å². The van der Waals surface area contributed by atoms with Crippen LogP contribution in [0.4, 0.5) is 0 Å². The predicted molar refractivity (Wildman–Crippen MR) is 65.9 cm³/mol. The van der Waals surface area contributed by atoms with E-state index in [1.54, 1.807) is 12.4 Å². The molecule has 1 heterocycles. The van der Waals surface area contributed by atoms with Crippen LogP contribution < -0.4 is 0 Å². The van der Waals surface area contributed by atoms with Gasteiger partial charge in [-0.3, -0.25) is 4.79 Å². The summed E-state index contributed by atoms with van der Waals surface area (Å²) in [6.45, 7) is 9.85. The first-order valence-electron chi connectivity index (χ1n) is 5.78. The van der Waals surface area contributed by atoms with E-state index in [-0.39, 0.29) is 11.3 Å². The lowest BCUT2D eigenvalue weighted by atomic mass is 9.90. The monoisotopic (exact) mass is 236 g/mol. The lowest BCUT2D eigenvalue weighted by molar-refractivity contribution is -0.139. The van der Waals surface area contributed by atoms with E-state index >= 15 is 0 Å². The number of hydrogen-bond donors (Lipinski definition) is 1. The zero-order valence-electron chi connectivity index (χ0n) is 11.1. The Kier molecular flexibility index (Phi) is 3.86. The van der Waals surface area contributed by atoms with Crippen molar-refractivity contribution in [1.29, 1.82) is 0 Å². The van der Waals surface area contributed by atoms with E-state index in [9.17, 15) is 9.90 Å². The Balaban J connectivity index is 3.05. The van der Waals surface area contributed by atoms with Crippen LogP contribution in [0, 0.1) is 5.92 Å². The van der Waals surface area contributed by atoms with Crippen molar-refractivity contribution in [2.24, 2.45) is 5.92 Å². The minimum Gasteiger partial charge on any atom is -0.481 e. The van der Waals surface area contributed by atoms with E-state index < -0.39 is 11.9 Å². The van der Waals surface area contributed by atoms with Crippen molar-refractivity contribution in [3.63, 3.8) is 0 Å². The number of aliphatic carboxylic acids is 1. The fourth-order valence-corrected chi connectivity index (χ4v) is 1.70. The summed E-state index contributed by atoms with van der Waals surface area (Å²) in [5, 5.41) is 9.17. The van der Waals surface area contributed by atoms with Gasteiger partial charge in [-0.15, -0.1) is 0 Å². The number of nitrogens with zero attached hydrogens (tertiary/aromatic N) is 2. The molecular weight excluding hydrogens is 216 g/mol. The molecule has 0 aliphatic heterocycles. The summed E-state index contributed by atoms with van der Waals surface area (Å²) in [7, 11) is 0. The zero-order chi connectivity index (χ0) is 13.2. The number of aromatic nitrogens is 2. The first-order valence-corrected chi connectivity index (χ1v) is 5.78. The summed E-state index contributed by atoms with van der Waals surface area (Å²) in [4.78, 5) is 19.7. The molecule has 0 fully saturated rings. The first kappa shape index (κ1) is 13.6. The van der Waals surface area contributed by atoms with E-state index in [0.717, 1.165) is 5.82 Å². The molecule has 4 heteroatoms. The van der Waals surface area contributed by atoms with Gasteiger partial charge in [0.15, 0.2) is 0 Å². The fourth-order valence-electron chi connectivity index (χ4n) is 1.70. The third-order valence-corrected chi connectivity index (χ3v) is 2.63. The van der Waals surface area contributed by atoms with Gasteiger partial charge in [0.05, 0.1) is 5.92 Å². The number of carbonyl (C=O) groups is 1. The van der Waals surface area contributed by atoms with Crippen molar-refractivity contribution in [2.75, 3.05) is 0 Å². The summed E-state index contributed by atoms with van der Waals surface area (Å²) in [5.41, 5.74) is 0.551. The zero-order valence-corrected chi connectivity index (χ0v) is 11.1. The van der Waals surface area contributed by atoms with Gasteiger partial charge in [-0.1, -0.05) is 34.6 Å². The Morgan fingerprint density at radius 3 is 2.00 bits per heavy atom. The summed E-state index contributed by atoms with van der Waals surface area (Å²) >= 11 is 0. The third-order valence-electron chi connectivity index (χ3n) is 2.63. The molecule has 17 heavy (non-hydrogen) atoms. The molecule has 1 N–H and O–H groups in total. The van der Waals surface area contributed by atoms with Crippen LogP contribution in [0.3, 0.4) is 0 Å². The summed E-state index contributed by atoms with van der Waals surface area (Å²) in [6.07, 6.45) is 3.26. The minimum absolute atomic E-state index is 0.0246. The highest BCUT2D eigenvalue weighted by atomic mass is 16.4. The Bertz CT molecular complexity index is 391. The van der Waals surface area contributed by atoms with Gasteiger partial charge >= 0.3 is 5.97 Å². The molecule has 0 aromatic carbocycles. The smallest absolute Gasteiger partial charge is 0.311 e. The Hall–Kier alpha value is -1.45. The first-order chi connectivity index (χ1) is 7.73. The third kappa shape index (κ3) is 3.25. The van der Waals surface area contributed by atoms with E-state index in [1.165, 1.54) is 0 Å². The largest absolute Gasteiger partial charge is 0.481 e. The van der Waals surface area contributed by atoms with Crippen molar-refractivity contribution in [1.82, 2.24) is 9.97 Å². The molecule has 0 amide bonds. The lowest BCUT2D eigenvalue weighted by Gasteiger charge is -2.19. The van der Waals surface area contributed by atoms with E-state index in [0.29, 0.717) is 5.56 Å². The number of hydrogen-bond acceptors (Lipinski definition) is 3. The average Bonchev–Trinajstić information content (AvgIpc) is 2.15. The highest BCUT2D eigenvalue weighted by molar-refractivity contribution is 5.76. The molecule has 0 saturated heterocycles. The molecule has 0 radical (unpaired) electrons. The maximum atomic E-state index is 11.2. The minimum atomic E-state index is -0.827. The molecule has 0 spiro atoms. The van der Waals surface area contributed by atoms with Crippen LogP contribution in [0.2, 0.25) is 0 Å². The molecule has 0 aliphatic carbocycles. The quantitative estimate of drug-likeness (QED) is 0.876. The van der Waals surface area contributed by atoms with Gasteiger partial charge in [0, 0.05) is 23.4 Å². The highest BCUT2D eigenvalue weighted by Gasteiger charge is 2.25. The van der Waals surface area contributed by atoms with Gasteiger partial charge in [0.25, 0.3) is 0 Å². The molecule has 4 nitrogen and oxygen atoms in total. The summed E-state index contributed by atoms with van der Waals surface area (Å²) in [5.74, 6) is -0.609. The molecule has 1 aromatic heterocycles. The second-order valence-corrected chi connectivity index (χ2v) is 5.65. The van der Waals surface area contributed by atoms with Crippen LogP contribution in [0.25, 0.3) is 0 Å². The topological polar surface area (TPSA) is 63.1 Å². The van der Waals surface area contributed by atoms with Crippen LogP contribution in [0.15, 0.2) is 12.4 Å². The maximum Gasteiger partial charge on any atom is 0.311 e. The van der Waals surface area contributed by atoms with E-state index in [4.69, 9.17) is 0 Å². The van der Waals surface area contributed by atoms with E-state index in [1.807, 2.05) is 34.6 Å². The number of rotatable bonds is 3. The van der Waals surface area contributed by atoms with Crippen molar-refractivity contribution < 1.29 is 9.90 Å². The van der Waals surface area contributed by atoms with Crippen LogP contribution >= 0.6 is 0 Å². The van der Waals surface area contributed by atoms with Gasteiger partial charge in [-0.05, 0) is 5.92 Å². The van der Waals surface area contributed by atoms with Gasteiger partial charge in [-0.25, -0.2) is 9.97 Å². The van der Waals surface area contributed by atoms with Gasteiger partial charge in [0.2, 0.25) is 0 Å². The van der Waals surface area contributed by atoms with Crippen molar-refractivity contribution in [2.45, 2.75) is 46.0 Å². The summed E-state index contributed by atoms with van der Waals surface area (Å²) in [6, 6.07) is 0. The van der Waals surface area contributed by atoms with E-state index in [2.05, 4.69) is 9.97 Å². The second kappa shape index (κ2) is 4.82. The lowest BCUT2D eigenvalue weighted by Crippen LogP contribution is -2.20. The molecule has 0 bridgehead atoms. The normalized spacial score (nSPS) is 13.8. The fraction of sp³-hybridized carbons (Fsp3) is 0.615. The Morgan fingerprint density at radius 1 is 1.24 bits per heavy atom. The Morgan fingerprint density at radius 2 is 1.71 bits per heavy atom. The van der Waals surface area contributed by atoms with Crippen LogP contribution in [-0.2, 0) is 10.2 Å². The van der Waals surface area contributed by atoms with Crippen LogP contribution in [0.1, 0.15) is 51.9 Å². The standard InChI is InChI=1S/C13H20N2O2/c1-8(2)10(11(16)17)9-6-14-12(15-7-9)13(3,4)5/h6-8,10H,1-5H3,(H,16,17)/t10-/m0/s1. The molecule has 1 aromatic rings. The Labute approximate surface area is 102 Å². The molecular formula is C13H20N2O2. The molecule has 0 saturated carbocycles. The van der Waals surface area contributed by atoms with Crippen LogP contribution in [0.5, 0.6) is 0 Å². The van der Waals surface area contributed by atoms with Gasteiger partial charge in [0.1, 0.15) is 5.82 Å². The number of carboxylic acids is 1.